The summed E-state index contributed by atoms with van der Waals surface area (Å²) < 4.78 is 5.23. The Kier molecular flexibility index (Phi) is 3.60. The van der Waals surface area contributed by atoms with Gasteiger partial charge in [0.15, 0.2) is 0 Å². The van der Waals surface area contributed by atoms with Crippen molar-refractivity contribution in [3.8, 4) is 5.69 Å². The molecule has 0 aliphatic rings. The first-order valence-electron chi connectivity index (χ1n) is 10.2. The van der Waals surface area contributed by atoms with E-state index in [2.05, 4.69) is 97.3 Å². The minimum absolute atomic E-state index is 1.04. The molecule has 0 saturated carbocycles. The van der Waals surface area contributed by atoms with Crippen LogP contribution in [0.3, 0.4) is 0 Å². The Morgan fingerprint density at radius 1 is 0.724 bits per heavy atom. The predicted molar refractivity (Wildman–Crippen MR) is 128 cm³/mol. The van der Waals surface area contributed by atoms with Gasteiger partial charge in [0.25, 0.3) is 0 Å². The van der Waals surface area contributed by atoms with Gasteiger partial charge < -0.3 is 4.57 Å². The molecule has 1 nitrogen and oxygen atoms in total. The molecule has 0 radical (unpaired) electrons. The van der Waals surface area contributed by atoms with Crippen LogP contribution in [0.1, 0.15) is 18.1 Å². The predicted octanol–water partition coefficient (Wildman–Crippen LogP) is 8.02. The fraction of sp³-hybridized carbons (Fsp3) is 0.111. The summed E-state index contributed by atoms with van der Waals surface area (Å²) in [5.74, 6) is 0. The van der Waals surface area contributed by atoms with E-state index in [4.69, 9.17) is 0 Å². The van der Waals surface area contributed by atoms with E-state index < -0.39 is 0 Å². The van der Waals surface area contributed by atoms with Crippen LogP contribution in [0, 0.1) is 6.92 Å². The molecule has 0 aliphatic carbocycles. The van der Waals surface area contributed by atoms with Gasteiger partial charge in [-0.3, -0.25) is 0 Å². The van der Waals surface area contributed by atoms with Crippen LogP contribution in [0.25, 0.3) is 47.7 Å². The SMILES string of the molecule is CCc1cc(-n2c3ccccc3c3cc(C)ccc32)cc2c1sc1ccccc12. The van der Waals surface area contributed by atoms with Crippen molar-refractivity contribution < 1.29 is 0 Å². The summed E-state index contributed by atoms with van der Waals surface area (Å²) in [6, 6.07) is 29.1. The number of fused-ring (bicyclic) bond motifs is 6. The molecule has 0 spiro atoms. The Morgan fingerprint density at radius 3 is 2.34 bits per heavy atom. The van der Waals surface area contributed by atoms with Crippen LogP contribution < -0.4 is 0 Å². The van der Waals surface area contributed by atoms with Crippen LogP contribution in [-0.4, -0.2) is 4.57 Å². The third-order valence-electron chi connectivity index (χ3n) is 6.01. The van der Waals surface area contributed by atoms with Gasteiger partial charge >= 0.3 is 0 Å². The van der Waals surface area contributed by atoms with Gasteiger partial charge in [0.1, 0.15) is 0 Å². The van der Waals surface area contributed by atoms with E-state index in [-0.39, 0.29) is 0 Å². The monoisotopic (exact) mass is 391 g/mol. The molecule has 0 N–H and O–H groups in total. The highest BCUT2D eigenvalue weighted by atomic mass is 32.1. The first-order chi connectivity index (χ1) is 14.2. The average Bonchev–Trinajstić information content (AvgIpc) is 3.28. The summed E-state index contributed by atoms with van der Waals surface area (Å²) in [5, 5.41) is 5.38. The van der Waals surface area contributed by atoms with Crippen molar-refractivity contribution >= 4 is 53.3 Å². The average molecular weight is 392 g/mol. The van der Waals surface area contributed by atoms with E-state index in [9.17, 15) is 0 Å². The van der Waals surface area contributed by atoms with Gasteiger partial charge in [-0.05, 0) is 55.3 Å². The maximum atomic E-state index is 2.44. The lowest BCUT2D eigenvalue weighted by molar-refractivity contribution is 1.13. The smallest absolute Gasteiger partial charge is 0.0541 e. The topological polar surface area (TPSA) is 4.93 Å². The van der Waals surface area contributed by atoms with Crippen molar-refractivity contribution in [2.45, 2.75) is 20.3 Å². The molecule has 0 saturated heterocycles. The largest absolute Gasteiger partial charge is 0.309 e. The van der Waals surface area contributed by atoms with Crippen molar-refractivity contribution in [3.63, 3.8) is 0 Å². The summed E-state index contributed by atoms with van der Waals surface area (Å²) in [5.41, 5.74) is 6.53. The molecule has 0 atom stereocenters. The van der Waals surface area contributed by atoms with Crippen molar-refractivity contribution in [3.05, 3.63) is 90.0 Å². The minimum Gasteiger partial charge on any atom is -0.309 e. The highest BCUT2D eigenvalue weighted by molar-refractivity contribution is 7.26. The number of benzene rings is 4. The van der Waals surface area contributed by atoms with E-state index in [1.807, 2.05) is 11.3 Å². The number of hydrogen-bond donors (Lipinski definition) is 0. The van der Waals surface area contributed by atoms with Gasteiger partial charge in [-0.2, -0.15) is 0 Å². The highest BCUT2D eigenvalue weighted by Gasteiger charge is 2.15. The third-order valence-corrected chi connectivity index (χ3v) is 7.27. The summed E-state index contributed by atoms with van der Waals surface area (Å²) in [6.45, 7) is 4.43. The first kappa shape index (κ1) is 16.8. The lowest BCUT2D eigenvalue weighted by atomic mass is 10.1. The second-order valence-corrected chi connectivity index (χ2v) is 8.86. The molecule has 0 bridgehead atoms. The molecule has 0 unspecified atom stereocenters. The molecule has 6 rings (SSSR count). The van der Waals surface area contributed by atoms with Gasteiger partial charge in [0, 0.05) is 36.6 Å². The molecule has 2 heteroatoms. The zero-order valence-electron chi connectivity index (χ0n) is 16.6. The Bertz CT molecular complexity index is 1550. The van der Waals surface area contributed by atoms with Crippen molar-refractivity contribution in [2.75, 3.05) is 0 Å². The normalized spacial score (nSPS) is 11.9. The number of hydrogen-bond acceptors (Lipinski definition) is 1. The number of para-hydroxylation sites is 1. The van der Waals surface area contributed by atoms with Gasteiger partial charge in [0.05, 0.1) is 11.0 Å². The number of aryl methyl sites for hydroxylation is 2. The summed E-state index contributed by atoms with van der Waals surface area (Å²) in [7, 11) is 0. The van der Waals surface area contributed by atoms with Crippen LogP contribution in [0.4, 0.5) is 0 Å². The van der Waals surface area contributed by atoms with Gasteiger partial charge in [0.2, 0.25) is 0 Å². The molecular weight excluding hydrogens is 370 g/mol. The van der Waals surface area contributed by atoms with Crippen LogP contribution in [-0.2, 0) is 6.42 Å². The quantitative estimate of drug-likeness (QED) is 0.281. The van der Waals surface area contributed by atoms with Crippen molar-refractivity contribution in [1.82, 2.24) is 4.57 Å². The molecule has 2 heterocycles. The number of rotatable bonds is 2. The highest BCUT2D eigenvalue weighted by Crippen LogP contribution is 2.39. The molecule has 29 heavy (non-hydrogen) atoms. The number of aromatic nitrogens is 1. The molecule has 6 aromatic rings. The third kappa shape index (κ3) is 2.39. The van der Waals surface area contributed by atoms with E-state index >= 15 is 0 Å². The molecule has 0 amide bonds. The van der Waals surface area contributed by atoms with Crippen molar-refractivity contribution in [2.24, 2.45) is 0 Å². The van der Waals surface area contributed by atoms with E-state index in [0.717, 1.165) is 6.42 Å². The number of thiophene rings is 1. The Morgan fingerprint density at radius 2 is 1.48 bits per heavy atom. The van der Waals surface area contributed by atoms with E-state index in [1.165, 1.54) is 58.8 Å². The maximum absolute atomic E-state index is 2.44. The molecule has 0 aliphatic heterocycles. The summed E-state index contributed by atoms with van der Waals surface area (Å²) in [6.07, 6.45) is 1.04. The summed E-state index contributed by atoms with van der Waals surface area (Å²) >= 11 is 1.92. The molecule has 4 aromatic carbocycles. The van der Waals surface area contributed by atoms with Crippen LogP contribution in [0.15, 0.2) is 78.9 Å². The van der Waals surface area contributed by atoms with Crippen LogP contribution in [0.5, 0.6) is 0 Å². The second-order valence-electron chi connectivity index (χ2n) is 7.81. The fourth-order valence-corrected chi connectivity index (χ4v) is 5.91. The molecular formula is C27H21NS. The lowest BCUT2D eigenvalue weighted by Crippen LogP contribution is -1.95. The fourth-order valence-electron chi connectivity index (χ4n) is 4.64. The molecule has 140 valence electrons. The van der Waals surface area contributed by atoms with E-state index in [1.54, 1.807) is 0 Å². The first-order valence-corrected chi connectivity index (χ1v) is 11.0. The van der Waals surface area contributed by atoms with Gasteiger partial charge in [-0.1, -0.05) is 55.0 Å². The minimum atomic E-state index is 1.04. The zero-order chi connectivity index (χ0) is 19.5. The summed E-state index contributed by atoms with van der Waals surface area (Å²) in [4.78, 5) is 0. The van der Waals surface area contributed by atoms with Crippen LogP contribution in [0.2, 0.25) is 0 Å². The zero-order valence-corrected chi connectivity index (χ0v) is 17.4. The second kappa shape index (κ2) is 6.20. The molecule has 2 aromatic heterocycles. The van der Waals surface area contributed by atoms with E-state index in [0.29, 0.717) is 0 Å². The van der Waals surface area contributed by atoms with Crippen molar-refractivity contribution in [1.29, 1.82) is 0 Å². The Hall–Kier alpha value is -3.10. The van der Waals surface area contributed by atoms with Crippen LogP contribution >= 0.6 is 11.3 Å². The van der Waals surface area contributed by atoms with Gasteiger partial charge in [-0.25, -0.2) is 0 Å². The standard InChI is InChI=1S/C27H21NS/c1-3-18-15-19(16-23-21-9-5-7-11-26(21)29-27(18)23)28-24-10-6-4-8-20(24)22-14-17(2)12-13-25(22)28/h4-16H,3H2,1-2H3. The number of nitrogens with zero attached hydrogens (tertiary/aromatic N) is 1. The Balaban J connectivity index is 1.78. The maximum Gasteiger partial charge on any atom is 0.0541 e. The lowest BCUT2D eigenvalue weighted by Gasteiger charge is -2.11. The molecule has 0 fully saturated rings. The van der Waals surface area contributed by atoms with Gasteiger partial charge in [-0.15, -0.1) is 11.3 Å². The Labute approximate surface area is 173 Å².